The van der Waals surface area contributed by atoms with Crippen molar-refractivity contribution in [2.24, 2.45) is 0 Å². The number of benzene rings is 2. The summed E-state index contributed by atoms with van der Waals surface area (Å²) in [5, 5.41) is 13.6. The Hall–Kier alpha value is -3.36. The number of nitrogens with one attached hydrogen (secondary N) is 1. The molecule has 1 atom stereocenters. The molecule has 8 heteroatoms. The molecule has 35 heavy (non-hydrogen) atoms. The van der Waals surface area contributed by atoms with Crippen molar-refractivity contribution in [1.29, 1.82) is 0 Å². The van der Waals surface area contributed by atoms with Crippen molar-refractivity contribution in [2.75, 3.05) is 46.5 Å². The van der Waals surface area contributed by atoms with Crippen LogP contribution in [0.2, 0.25) is 0 Å². The van der Waals surface area contributed by atoms with Crippen LogP contribution in [0.3, 0.4) is 0 Å². The normalized spacial score (nSPS) is 20.5. The Kier molecular flexibility index (Phi) is 7.73. The quantitative estimate of drug-likeness (QED) is 0.338. The number of hydrogen-bond acceptors (Lipinski definition) is 6. The van der Waals surface area contributed by atoms with Crippen LogP contribution in [0.5, 0.6) is 11.5 Å². The highest BCUT2D eigenvalue weighted by molar-refractivity contribution is 6.46. The van der Waals surface area contributed by atoms with E-state index in [9.17, 15) is 14.7 Å². The maximum atomic E-state index is 13.6. The average Bonchev–Trinajstić information content (AvgIpc) is 3.12. The van der Waals surface area contributed by atoms with Crippen molar-refractivity contribution < 1.29 is 33.8 Å². The Morgan fingerprint density at radius 2 is 1.80 bits per heavy atom. The molecule has 1 amide bonds. The zero-order valence-corrected chi connectivity index (χ0v) is 20.4. The van der Waals surface area contributed by atoms with Crippen LogP contribution in [0.4, 0.5) is 0 Å². The maximum Gasteiger partial charge on any atom is 0.295 e. The SMILES string of the molecule is COc1ccccc1C1/C(=C(\[O-])c2ccc(OC(C)C)cc2)C(=O)C(=O)N1CC[NH+]1CCOCC1. The van der Waals surface area contributed by atoms with Gasteiger partial charge in [0.1, 0.15) is 24.6 Å². The monoisotopic (exact) mass is 480 g/mol. The minimum atomic E-state index is -0.814. The van der Waals surface area contributed by atoms with Crippen molar-refractivity contribution in [3.8, 4) is 11.5 Å². The first-order chi connectivity index (χ1) is 16.9. The van der Waals surface area contributed by atoms with Crippen LogP contribution in [-0.4, -0.2) is 69.2 Å². The topological polar surface area (TPSA) is 92.6 Å². The molecule has 2 fully saturated rings. The van der Waals surface area contributed by atoms with Crippen molar-refractivity contribution in [3.63, 3.8) is 0 Å². The number of ether oxygens (including phenoxy) is 3. The number of likely N-dealkylation sites (tertiary alicyclic amines) is 1. The van der Waals surface area contributed by atoms with E-state index in [-0.39, 0.29) is 11.7 Å². The first-order valence-corrected chi connectivity index (χ1v) is 12.0. The van der Waals surface area contributed by atoms with Gasteiger partial charge in [0.2, 0.25) is 5.78 Å². The number of para-hydroxylation sites is 1. The molecule has 2 saturated heterocycles. The van der Waals surface area contributed by atoms with Crippen LogP contribution in [0, 0.1) is 0 Å². The smallest absolute Gasteiger partial charge is 0.295 e. The highest BCUT2D eigenvalue weighted by Crippen LogP contribution is 2.41. The molecule has 2 aromatic carbocycles. The lowest BCUT2D eigenvalue weighted by Crippen LogP contribution is -3.14. The molecular formula is C27H32N2O6. The minimum absolute atomic E-state index is 0.00274. The van der Waals surface area contributed by atoms with Crippen LogP contribution >= 0.6 is 0 Å². The van der Waals surface area contributed by atoms with E-state index in [0.29, 0.717) is 48.9 Å². The van der Waals surface area contributed by atoms with E-state index >= 15 is 0 Å². The van der Waals surface area contributed by atoms with Gasteiger partial charge in [-0.3, -0.25) is 9.59 Å². The number of Topliss-reactive ketones (excluding diaryl/α,β-unsaturated/α-hetero) is 1. The molecule has 0 radical (unpaired) electrons. The van der Waals surface area contributed by atoms with Crippen molar-refractivity contribution in [1.82, 2.24) is 4.90 Å². The molecule has 0 spiro atoms. The first kappa shape index (κ1) is 24.8. The third kappa shape index (κ3) is 5.33. The minimum Gasteiger partial charge on any atom is -0.872 e. The number of rotatable bonds is 8. The van der Waals surface area contributed by atoms with Gasteiger partial charge in [-0.05, 0) is 37.6 Å². The number of carbonyl (C=O) groups excluding carboxylic acids is 2. The summed E-state index contributed by atoms with van der Waals surface area (Å²) in [6.07, 6.45) is -0.00274. The fourth-order valence-corrected chi connectivity index (χ4v) is 4.62. The van der Waals surface area contributed by atoms with Crippen molar-refractivity contribution in [3.05, 3.63) is 65.2 Å². The highest BCUT2D eigenvalue weighted by atomic mass is 16.5. The summed E-state index contributed by atoms with van der Waals surface area (Å²) in [7, 11) is 1.54. The molecular weight excluding hydrogens is 448 g/mol. The van der Waals surface area contributed by atoms with Crippen LogP contribution in [0.1, 0.15) is 31.0 Å². The van der Waals surface area contributed by atoms with Gasteiger partial charge in [-0.15, -0.1) is 0 Å². The summed E-state index contributed by atoms with van der Waals surface area (Å²) in [5.74, 6) is -0.722. The molecule has 2 aromatic rings. The number of methoxy groups -OCH3 is 1. The Morgan fingerprint density at radius 3 is 2.46 bits per heavy atom. The van der Waals surface area contributed by atoms with Gasteiger partial charge in [-0.2, -0.15) is 0 Å². The van der Waals surface area contributed by atoms with E-state index in [2.05, 4.69) is 0 Å². The van der Waals surface area contributed by atoms with E-state index in [1.165, 1.54) is 16.9 Å². The zero-order valence-electron chi connectivity index (χ0n) is 20.4. The molecule has 8 nitrogen and oxygen atoms in total. The second-order valence-electron chi connectivity index (χ2n) is 9.02. The summed E-state index contributed by atoms with van der Waals surface area (Å²) >= 11 is 0. The van der Waals surface area contributed by atoms with Gasteiger partial charge in [0.15, 0.2) is 0 Å². The summed E-state index contributed by atoms with van der Waals surface area (Å²) in [6, 6.07) is 13.1. The number of quaternary nitrogens is 1. The van der Waals surface area contributed by atoms with Crippen molar-refractivity contribution >= 4 is 17.4 Å². The first-order valence-electron chi connectivity index (χ1n) is 12.0. The lowest BCUT2D eigenvalue weighted by atomic mass is 9.94. The van der Waals surface area contributed by atoms with Gasteiger partial charge in [0.25, 0.3) is 5.91 Å². The van der Waals surface area contributed by atoms with Gasteiger partial charge in [0, 0.05) is 11.1 Å². The fourth-order valence-electron chi connectivity index (χ4n) is 4.62. The number of morpholine rings is 1. The van der Waals surface area contributed by atoms with E-state index in [0.717, 1.165) is 13.1 Å². The molecule has 1 unspecified atom stereocenters. The zero-order chi connectivity index (χ0) is 24.9. The van der Waals surface area contributed by atoms with Crippen LogP contribution in [0.15, 0.2) is 54.1 Å². The summed E-state index contributed by atoms with van der Waals surface area (Å²) < 4.78 is 16.6. The molecule has 4 rings (SSSR count). The molecule has 1 N–H and O–H groups in total. The lowest BCUT2D eigenvalue weighted by molar-refractivity contribution is -0.907. The molecule has 2 aliphatic rings. The van der Waals surface area contributed by atoms with Gasteiger partial charge < -0.3 is 29.1 Å². The van der Waals surface area contributed by atoms with Crippen molar-refractivity contribution in [2.45, 2.75) is 26.0 Å². The largest absolute Gasteiger partial charge is 0.872 e. The van der Waals surface area contributed by atoms with E-state index < -0.39 is 23.5 Å². The van der Waals surface area contributed by atoms with Crippen LogP contribution < -0.4 is 19.5 Å². The van der Waals surface area contributed by atoms with Crippen LogP contribution in [-0.2, 0) is 14.3 Å². The Labute approximate surface area is 205 Å². The Morgan fingerprint density at radius 1 is 1.11 bits per heavy atom. The molecule has 2 heterocycles. The summed E-state index contributed by atoms with van der Waals surface area (Å²) in [5.41, 5.74) is 0.904. The summed E-state index contributed by atoms with van der Waals surface area (Å²) in [6.45, 7) is 7.88. The van der Waals surface area contributed by atoms with E-state index in [4.69, 9.17) is 14.2 Å². The molecule has 2 aliphatic heterocycles. The van der Waals surface area contributed by atoms with Gasteiger partial charge in [-0.1, -0.05) is 36.1 Å². The predicted octanol–water partition coefficient (Wildman–Crippen LogP) is 0.622. The number of nitrogens with zero attached hydrogens (tertiary/aromatic N) is 1. The highest BCUT2D eigenvalue weighted by Gasteiger charge is 2.45. The third-order valence-electron chi connectivity index (χ3n) is 6.36. The van der Waals surface area contributed by atoms with Gasteiger partial charge in [0.05, 0.1) is 45.6 Å². The molecule has 0 aliphatic carbocycles. The number of carbonyl (C=O) groups is 2. The fraction of sp³-hybridized carbons (Fsp3) is 0.407. The van der Waals surface area contributed by atoms with Crippen LogP contribution in [0.25, 0.3) is 5.76 Å². The third-order valence-corrected chi connectivity index (χ3v) is 6.36. The number of amides is 1. The molecule has 186 valence electrons. The second-order valence-corrected chi connectivity index (χ2v) is 9.02. The lowest BCUT2D eigenvalue weighted by Gasteiger charge is -2.30. The van der Waals surface area contributed by atoms with Gasteiger partial charge in [-0.25, -0.2) is 0 Å². The predicted molar refractivity (Wildman–Crippen MR) is 128 cm³/mol. The summed E-state index contributed by atoms with van der Waals surface area (Å²) in [4.78, 5) is 29.2. The van der Waals surface area contributed by atoms with E-state index in [1.54, 1.807) is 36.4 Å². The Balaban J connectivity index is 1.73. The second kappa shape index (κ2) is 10.9. The number of ketones is 1. The standard InChI is InChI=1S/C27H32N2O6/c1-18(2)35-20-10-8-19(9-11-20)25(30)23-24(21-6-4-5-7-22(21)33-3)29(27(32)26(23)31)13-12-28-14-16-34-17-15-28/h4-11,18,24,30H,12-17H2,1-3H3/b25-23+. The molecule has 0 saturated carbocycles. The molecule has 0 bridgehead atoms. The average molecular weight is 481 g/mol. The number of hydrogen-bond donors (Lipinski definition) is 1. The Bertz CT molecular complexity index is 1090. The molecule has 0 aromatic heterocycles. The van der Waals surface area contributed by atoms with E-state index in [1.807, 2.05) is 26.0 Å². The van der Waals surface area contributed by atoms with Gasteiger partial charge >= 0.3 is 0 Å². The maximum absolute atomic E-state index is 13.6.